The SMILES string of the molecule is Brc1ccc2c3ccccc3n(-c3ccc(-n4c5ccccc5c5ccc(Br)cc54)nc3)c2c1. The molecular formula is C29H17Br2N3. The highest BCUT2D eigenvalue weighted by Crippen LogP contribution is 2.35. The Hall–Kier alpha value is -3.41. The van der Waals surface area contributed by atoms with Crippen LogP contribution in [0, 0.1) is 0 Å². The normalized spacial score (nSPS) is 11.8. The van der Waals surface area contributed by atoms with Crippen molar-refractivity contribution in [3.63, 3.8) is 0 Å². The van der Waals surface area contributed by atoms with Crippen LogP contribution < -0.4 is 0 Å². The number of para-hydroxylation sites is 2. The molecule has 34 heavy (non-hydrogen) atoms. The fraction of sp³-hybridized carbons (Fsp3) is 0. The van der Waals surface area contributed by atoms with Gasteiger partial charge in [-0.05, 0) is 48.5 Å². The van der Waals surface area contributed by atoms with Crippen LogP contribution >= 0.6 is 31.9 Å². The molecule has 3 nitrogen and oxygen atoms in total. The zero-order chi connectivity index (χ0) is 22.8. The lowest BCUT2D eigenvalue weighted by atomic mass is 10.2. The van der Waals surface area contributed by atoms with Crippen LogP contribution in [0.3, 0.4) is 0 Å². The van der Waals surface area contributed by atoms with Gasteiger partial charge in [-0.15, -0.1) is 0 Å². The molecule has 4 aromatic carbocycles. The maximum Gasteiger partial charge on any atom is 0.137 e. The van der Waals surface area contributed by atoms with E-state index in [1.54, 1.807) is 0 Å². The van der Waals surface area contributed by atoms with Crippen LogP contribution in [0.1, 0.15) is 0 Å². The van der Waals surface area contributed by atoms with E-state index in [-0.39, 0.29) is 0 Å². The third kappa shape index (κ3) is 2.90. The van der Waals surface area contributed by atoms with Crippen LogP contribution in [0.2, 0.25) is 0 Å². The first-order valence-electron chi connectivity index (χ1n) is 11.0. The molecule has 0 aliphatic heterocycles. The van der Waals surface area contributed by atoms with Gasteiger partial charge in [-0.1, -0.05) is 80.4 Å². The molecular weight excluding hydrogens is 550 g/mol. The highest BCUT2D eigenvalue weighted by Gasteiger charge is 2.15. The molecule has 0 unspecified atom stereocenters. The summed E-state index contributed by atoms with van der Waals surface area (Å²) in [5, 5.41) is 4.91. The second kappa shape index (κ2) is 7.55. The van der Waals surface area contributed by atoms with E-state index in [4.69, 9.17) is 4.98 Å². The number of pyridine rings is 1. The quantitative estimate of drug-likeness (QED) is 0.205. The molecule has 0 amide bonds. The van der Waals surface area contributed by atoms with Crippen molar-refractivity contribution < 1.29 is 0 Å². The summed E-state index contributed by atoms with van der Waals surface area (Å²) in [4.78, 5) is 4.96. The molecule has 3 heterocycles. The van der Waals surface area contributed by atoms with Crippen molar-refractivity contribution in [3.05, 3.63) is 112 Å². The second-order valence-electron chi connectivity index (χ2n) is 8.40. The third-order valence-corrected chi connectivity index (χ3v) is 7.48. The zero-order valence-corrected chi connectivity index (χ0v) is 21.1. The fourth-order valence-corrected chi connectivity index (χ4v) is 5.75. The van der Waals surface area contributed by atoms with Crippen molar-refractivity contribution in [3.8, 4) is 11.5 Å². The average molecular weight is 567 g/mol. The standard InChI is InChI=1S/C29H17Br2N3/c30-18-9-12-23-21-5-1-3-7-25(21)33(27(23)15-18)20-11-14-29(32-17-20)34-26-8-4-2-6-22(26)24-13-10-19(31)16-28(24)34/h1-17H. The Morgan fingerprint density at radius 1 is 0.500 bits per heavy atom. The molecule has 3 aromatic heterocycles. The molecule has 0 saturated heterocycles. The molecule has 0 fully saturated rings. The summed E-state index contributed by atoms with van der Waals surface area (Å²) in [5.41, 5.74) is 5.65. The first-order valence-corrected chi connectivity index (χ1v) is 12.6. The Labute approximate surface area is 212 Å². The van der Waals surface area contributed by atoms with Crippen molar-refractivity contribution in [1.82, 2.24) is 14.1 Å². The third-order valence-electron chi connectivity index (χ3n) is 6.49. The van der Waals surface area contributed by atoms with E-state index in [0.717, 1.165) is 37.0 Å². The number of benzene rings is 4. The van der Waals surface area contributed by atoms with Crippen LogP contribution in [0.4, 0.5) is 0 Å². The Morgan fingerprint density at radius 2 is 1.03 bits per heavy atom. The van der Waals surface area contributed by atoms with E-state index in [0.29, 0.717) is 0 Å². The van der Waals surface area contributed by atoms with Crippen LogP contribution in [-0.2, 0) is 0 Å². The topological polar surface area (TPSA) is 22.8 Å². The number of hydrogen-bond acceptors (Lipinski definition) is 1. The van der Waals surface area contributed by atoms with Gasteiger partial charge in [-0.25, -0.2) is 4.98 Å². The van der Waals surface area contributed by atoms with Gasteiger partial charge in [0.25, 0.3) is 0 Å². The molecule has 0 radical (unpaired) electrons. The van der Waals surface area contributed by atoms with Gasteiger partial charge in [0.15, 0.2) is 0 Å². The minimum Gasteiger partial charge on any atom is -0.308 e. The van der Waals surface area contributed by atoms with Crippen LogP contribution in [0.15, 0.2) is 112 Å². The molecule has 0 saturated carbocycles. The molecule has 0 atom stereocenters. The van der Waals surface area contributed by atoms with Gasteiger partial charge in [0.1, 0.15) is 5.82 Å². The predicted molar refractivity (Wildman–Crippen MR) is 148 cm³/mol. The van der Waals surface area contributed by atoms with Crippen molar-refractivity contribution in [2.24, 2.45) is 0 Å². The van der Waals surface area contributed by atoms with Crippen LogP contribution in [0.5, 0.6) is 0 Å². The highest BCUT2D eigenvalue weighted by atomic mass is 79.9. The zero-order valence-electron chi connectivity index (χ0n) is 17.9. The number of aromatic nitrogens is 3. The molecule has 0 spiro atoms. The Bertz CT molecular complexity index is 1740. The van der Waals surface area contributed by atoms with Crippen molar-refractivity contribution >= 4 is 75.5 Å². The largest absolute Gasteiger partial charge is 0.308 e. The van der Waals surface area contributed by atoms with Crippen molar-refractivity contribution in [1.29, 1.82) is 0 Å². The van der Waals surface area contributed by atoms with Gasteiger partial charge in [-0.2, -0.15) is 0 Å². The minimum atomic E-state index is 0.898. The summed E-state index contributed by atoms with van der Waals surface area (Å²) in [5.74, 6) is 0.898. The first-order chi connectivity index (χ1) is 16.7. The first kappa shape index (κ1) is 20.0. The molecule has 0 aliphatic carbocycles. The van der Waals surface area contributed by atoms with E-state index < -0.39 is 0 Å². The summed E-state index contributed by atoms with van der Waals surface area (Å²) in [6.45, 7) is 0. The van der Waals surface area contributed by atoms with E-state index >= 15 is 0 Å². The Balaban J connectivity index is 1.47. The smallest absolute Gasteiger partial charge is 0.137 e. The van der Waals surface area contributed by atoms with Gasteiger partial charge in [0, 0.05) is 30.5 Å². The van der Waals surface area contributed by atoms with Gasteiger partial charge in [0.05, 0.1) is 34.0 Å². The van der Waals surface area contributed by atoms with Crippen LogP contribution in [0.25, 0.3) is 55.1 Å². The van der Waals surface area contributed by atoms with E-state index in [2.05, 4.69) is 138 Å². The van der Waals surface area contributed by atoms with Crippen molar-refractivity contribution in [2.75, 3.05) is 0 Å². The molecule has 7 aromatic rings. The van der Waals surface area contributed by atoms with Crippen LogP contribution in [-0.4, -0.2) is 14.1 Å². The van der Waals surface area contributed by atoms with Gasteiger partial charge >= 0.3 is 0 Å². The summed E-state index contributed by atoms with van der Waals surface area (Å²) in [6, 6.07) is 34.2. The fourth-order valence-electron chi connectivity index (χ4n) is 5.06. The monoisotopic (exact) mass is 565 g/mol. The lowest BCUT2D eigenvalue weighted by Gasteiger charge is -2.11. The predicted octanol–water partition coefficient (Wildman–Crippen LogP) is 8.80. The second-order valence-corrected chi connectivity index (χ2v) is 10.2. The number of halogens is 2. The molecule has 7 rings (SSSR count). The highest BCUT2D eigenvalue weighted by molar-refractivity contribution is 9.10. The van der Waals surface area contributed by atoms with Gasteiger partial charge in [0.2, 0.25) is 0 Å². The summed E-state index contributed by atoms with van der Waals surface area (Å²) >= 11 is 7.29. The maximum atomic E-state index is 4.96. The molecule has 5 heteroatoms. The Kier molecular flexibility index (Phi) is 4.44. The van der Waals surface area contributed by atoms with Gasteiger partial charge < -0.3 is 4.57 Å². The molecule has 0 aliphatic rings. The average Bonchev–Trinajstić information content (AvgIpc) is 3.36. The number of rotatable bonds is 2. The van der Waals surface area contributed by atoms with Crippen molar-refractivity contribution in [2.45, 2.75) is 0 Å². The minimum absolute atomic E-state index is 0.898. The molecule has 0 bridgehead atoms. The number of fused-ring (bicyclic) bond motifs is 6. The summed E-state index contributed by atoms with van der Waals surface area (Å²) in [6.07, 6.45) is 1.97. The Morgan fingerprint density at radius 3 is 1.62 bits per heavy atom. The van der Waals surface area contributed by atoms with E-state index in [9.17, 15) is 0 Å². The lowest BCUT2D eigenvalue weighted by Crippen LogP contribution is -2.00. The lowest BCUT2D eigenvalue weighted by molar-refractivity contribution is 1.05. The summed E-state index contributed by atoms with van der Waals surface area (Å²) in [7, 11) is 0. The number of hydrogen-bond donors (Lipinski definition) is 0. The van der Waals surface area contributed by atoms with E-state index in [1.165, 1.54) is 27.1 Å². The number of nitrogens with zero attached hydrogens (tertiary/aromatic N) is 3. The van der Waals surface area contributed by atoms with E-state index in [1.807, 2.05) is 6.20 Å². The molecule has 0 N–H and O–H groups in total. The maximum absolute atomic E-state index is 4.96. The van der Waals surface area contributed by atoms with Gasteiger partial charge in [-0.3, -0.25) is 4.57 Å². The molecule has 162 valence electrons. The summed E-state index contributed by atoms with van der Waals surface area (Å²) < 4.78 is 6.64.